The van der Waals surface area contributed by atoms with Crippen LogP contribution in [0.5, 0.6) is 0 Å². The molecular weight excluding hydrogens is 410 g/mol. The molecule has 0 bridgehead atoms. The number of nitrogens with one attached hydrogen (secondary N) is 1. The van der Waals surface area contributed by atoms with Gasteiger partial charge in [-0.1, -0.05) is 72.4 Å². The van der Waals surface area contributed by atoms with E-state index in [1.807, 2.05) is 65.6 Å². The lowest BCUT2D eigenvalue weighted by Crippen LogP contribution is -2.41. The molecule has 0 atom stereocenters. The molecule has 1 fully saturated rings. The van der Waals surface area contributed by atoms with Crippen molar-refractivity contribution >= 4 is 23.6 Å². The maximum absolute atomic E-state index is 12.7. The molecule has 1 aliphatic rings. The van der Waals surface area contributed by atoms with Gasteiger partial charge in [0.15, 0.2) is 5.16 Å². The summed E-state index contributed by atoms with van der Waals surface area (Å²) >= 11 is 1.41. The van der Waals surface area contributed by atoms with Crippen LogP contribution in [-0.2, 0) is 14.3 Å². The molecule has 3 aromatic rings. The average Bonchev–Trinajstić information content (AvgIpc) is 3.27. The zero-order chi connectivity index (χ0) is 21.6. The third-order valence-electron chi connectivity index (χ3n) is 5.51. The van der Waals surface area contributed by atoms with Crippen LogP contribution in [0.1, 0.15) is 12.8 Å². The van der Waals surface area contributed by atoms with E-state index in [1.165, 1.54) is 18.9 Å². The molecule has 1 aromatic heterocycles. The van der Waals surface area contributed by atoms with Crippen molar-refractivity contribution in [2.45, 2.75) is 18.0 Å². The van der Waals surface area contributed by atoms with Gasteiger partial charge < -0.3 is 14.6 Å². The molecule has 1 aliphatic heterocycles. The first kappa shape index (κ1) is 21.2. The van der Waals surface area contributed by atoms with Crippen LogP contribution in [0.3, 0.4) is 0 Å². The molecule has 4 rings (SSSR count). The number of carbonyl (C=O) groups excluding carboxylic acids is 2. The number of imidazole rings is 1. The lowest BCUT2D eigenvalue weighted by atomic mass is 9.97. The van der Waals surface area contributed by atoms with Gasteiger partial charge in [0, 0.05) is 24.2 Å². The van der Waals surface area contributed by atoms with Crippen molar-refractivity contribution in [2.24, 2.45) is 5.92 Å². The number of aromatic amines is 1. The van der Waals surface area contributed by atoms with Crippen LogP contribution >= 0.6 is 11.8 Å². The highest BCUT2D eigenvalue weighted by Gasteiger charge is 2.28. The monoisotopic (exact) mass is 435 g/mol. The van der Waals surface area contributed by atoms with Crippen molar-refractivity contribution in [3.05, 3.63) is 60.7 Å². The number of likely N-dealkylation sites (tertiary alicyclic amines) is 1. The van der Waals surface area contributed by atoms with E-state index in [2.05, 4.69) is 4.98 Å². The Labute approximate surface area is 186 Å². The topological polar surface area (TPSA) is 75.3 Å². The van der Waals surface area contributed by atoms with E-state index < -0.39 is 0 Å². The first-order valence-electron chi connectivity index (χ1n) is 10.3. The Morgan fingerprint density at radius 1 is 1.03 bits per heavy atom. The normalized spacial score (nSPS) is 14.4. The molecule has 0 saturated carbocycles. The van der Waals surface area contributed by atoms with Crippen molar-refractivity contribution in [3.63, 3.8) is 0 Å². The number of methoxy groups -OCH3 is 1. The molecule has 1 saturated heterocycles. The summed E-state index contributed by atoms with van der Waals surface area (Å²) in [5, 5.41) is 0.718. The Morgan fingerprint density at radius 3 is 2.26 bits per heavy atom. The fourth-order valence-corrected chi connectivity index (χ4v) is 4.56. The number of esters is 1. The highest BCUT2D eigenvalue weighted by Crippen LogP contribution is 2.32. The minimum absolute atomic E-state index is 0.0623. The smallest absolute Gasteiger partial charge is 0.308 e. The van der Waals surface area contributed by atoms with Crippen LogP contribution < -0.4 is 0 Å². The van der Waals surface area contributed by atoms with Gasteiger partial charge in [-0.3, -0.25) is 9.59 Å². The minimum atomic E-state index is -0.182. The van der Waals surface area contributed by atoms with Crippen LogP contribution in [0.2, 0.25) is 0 Å². The van der Waals surface area contributed by atoms with Crippen molar-refractivity contribution in [3.8, 4) is 22.5 Å². The van der Waals surface area contributed by atoms with Crippen LogP contribution in [0.15, 0.2) is 65.8 Å². The summed E-state index contributed by atoms with van der Waals surface area (Å²) in [6.07, 6.45) is 1.31. The predicted octanol–water partition coefficient (Wildman–Crippen LogP) is 4.25. The van der Waals surface area contributed by atoms with Crippen LogP contribution in [-0.4, -0.2) is 52.7 Å². The van der Waals surface area contributed by atoms with Crippen molar-refractivity contribution in [1.82, 2.24) is 14.9 Å². The Kier molecular flexibility index (Phi) is 6.72. The second-order valence-corrected chi connectivity index (χ2v) is 8.43. The molecule has 0 radical (unpaired) electrons. The third kappa shape index (κ3) is 4.99. The van der Waals surface area contributed by atoms with Crippen LogP contribution in [0, 0.1) is 5.92 Å². The van der Waals surface area contributed by atoms with E-state index in [0.29, 0.717) is 31.7 Å². The molecule has 0 unspecified atom stereocenters. The molecule has 0 aliphatic carbocycles. The highest BCUT2D eigenvalue weighted by molar-refractivity contribution is 7.99. The molecule has 1 N–H and O–H groups in total. The molecule has 2 heterocycles. The number of amides is 1. The van der Waals surface area contributed by atoms with Crippen molar-refractivity contribution < 1.29 is 14.3 Å². The van der Waals surface area contributed by atoms with Crippen molar-refractivity contribution in [2.75, 3.05) is 26.0 Å². The molecule has 1 amide bonds. The Bertz CT molecular complexity index is 972. The molecule has 6 nitrogen and oxygen atoms in total. The number of hydrogen-bond donors (Lipinski definition) is 1. The highest BCUT2D eigenvalue weighted by atomic mass is 32.2. The van der Waals surface area contributed by atoms with Crippen LogP contribution in [0.4, 0.5) is 0 Å². The van der Waals surface area contributed by atoms with Crippen LogP contribution in [0.25, 0.3) is 22.5 Å². The van der Waals surface area contributed by atoms with E-state index in [1.54, 1.807) is 0 Å². The summed E-state index contributed by atoms with van der Waals surface area (Å²) in [6, 6.07) is 20.1. The van der Waals surface area contributed by atoms with E-state index in [9.17, 15) is 9.59 Å². The lowest BCUT2D eigenvalue weighted by Gasteiger charge is -2.30. The van der Waals surface area contributed by atoms with Gasteiger partial charge >= 0.3 is 5.97 Å². The Morgan fingerprint density at radius 2 is 1.65 bits per heavy atom. The first-order valence-corrected chi connectivity index (χ1v) is 11.3. The zero-order valence-electron chi connectivity index (χ0n) is 17.4. The number of H-pyrrole nitrogens is 1. The maximum atomic E-state index is 12.7. The summed E-state index contributed by atoms with van der Waals surface area (Å²) in [4.78, 5) is 34.4. The number of benzene rings is 2. The fourth-order valence-electron chi connectivity index (χ4n) is 3.79. The van der Waals surface area contributed by atoms with Gasteiger partial charge in [-0.05, 0) is 12.8 Å². The summed E-state index contributed by atoms with van der Waals surface area (Å²) in [7, 11) is 1.41. The second kappa shape index (κ2) is 9.83. The Balaban J connectivity index is 1.45. The first-order chi connectivity index (χ1) is 15.2. The summed E-state index contributed by atoms with van der Waals surface area (Å²) in [5.74, 6) is 0.0820. The van der Waals surface area contributed by atoms with Gasteiger partial charge in [0.05, 0.1) is 30.2 Å². The second-order valence-electron chi connectivity index (χ2n) is 7.46. The SMILES string of the molecule is COC(=O)C1CCN(C(=O)CSc2nc(-c3ccccc3)c(-c3ccccc3)[nH]2)CC1. The van der Waals surface area contributed by atoms with Gasteiger partial charge in [-0.25, -0.2) is 4.98 Å². The van der Waals surface area contributed by atoms with E-state index in [0.717, 1.165) is 27.7 Å². The molecule has 7 heteroatoms. The molecule has 31 heavy (non-hydrogen) atoms. The quantitative estimate of drug-likeness (QED) is 0.463. The molecule has 160 valence electrons. The molecule has 0 spiro atoms. The number of rotatable bonds is 6. The minimum Gasteiger partial charge on any atom is -0.469 e. The Hall–Kier alpha value is -3.06. The number of aromatic nitrogens is 2. The lowest BCUT2D eigenvalue weighted by molar-refractivity contribution is -0.148. The standard InChI is InChI=1S/C24H25N3O3S/c1-30-23(29)19-12-14-27(15-13-19)20(28)16-31-24-25-21(17-8-4-2-5-9-17)22(26-24)18-10-6-3-7-11-18/h2-11,19H,12-16H2,1H3,(H,25,26). The maximum Gasteiger partial charge on any atom is 0.308 e. The number of piperidine rings is 1. The van der Waals surface area contributed by atoms with E-state index in [4.69, 9.17) is 9.72 Å². The third-order valence-corrected chi connectivity index (χ3v) is 6.36. The number of thioether (sulfide) groups is 1. The fraction of sp³-hybridized carbons (Fsp3) is 0.292. The largest absolute Gasteiger partial charge is 0.469 e. The predicted molar refractivity (Wildman–Crippen MR) is 122 cm³/mol. The van der Waals surface area contributed by atoms with Crippen molar-refractivity contribution in [1.29, 1.82) is 0 Å². The molecule has 2 aromatic carbocycles. The summed E-state index contributed by atoms with van der Waals surface area (Å²) in [5.41, 5.74) is 3.90. The average molecular weight is 436 g/mol. The van der Waals surface area contributed by atoms with Gasteiger partial charge in [0.2, 0.25) is 5.91 Å². The van der Waals surface area contributed by atoms with Gasteiger partial charge in [-0.2, -0.15) is 0 Å². The summed E-state index contributed by atoms with van der Waals surface area (Å²) in [6.45, 7) is 1.17. The number of carbonyl (C=O) groups is 2. The van der Waals surface area contributed by atoms with Gasteiger partial charge in [0.1, 0.15) is 0 Å². The number of ether oxygens (including phenoxy) is 1. The molecular formula is C24H25N3O3S. The zero-order valence-corrected chi connectivity index (χ0v) is 18.2. The number of hydrogen-bond acceptors (Lipinski definition) is 5. The van der Waals surface area contributed by atoms with E-state index in [-0.39, 0.29) is 17.8 Å². The summed E-state index contributed by atoms with van der Waals surface area (Å²) < 4.78 is 4.82. The van der Waals surface area contributed by atoms with Gasteiger partial charge in [0.25, 0.3) is 0 Å². The van der Waals surface area contributed by atoms with Gasteiger partial charge in [-0.15, -0.1) is 0 Å². The number of nitrogens with zero attached hydrogens (tertiary/aromatic N) is 2. The van der Waals surface area contributed by atoms with E-state index >= 15 is 0 Å².